The number of carbonyl (C=O) groups is 1. The van der Waals surface area contributed by atoms with Gasteiger partial charge in [-0.2, -0.15) is 0 Å². The fourth-order valence-electron chi connectivity index (χ4n) is 2.49. The number of aromatic nitrogens is 1. The molecule has 1 aromatic rings. The Bertz CT molecular complexity index is 413. The number of hydrogen-bond donors (Lipinski definition) is 1. The van der Waals surface area contributed by atoms with Crippen molar-refractivity contribution in [2.75, 3.05) is 20.1 Å². The van der Waals surface area contributed by atoms with E-state index in [2.05, 4.69) is 10.3 Å². The van der Waals surface area contributed by atoms with Crippen molar-refractivity contribution in [3.8, 4) is 0 Å². The summed E-state index contributed by atoms with van der Waals surface area (Å²) in [5.74, 6) is 0.980. The van der Waals surface area contributed by atoms with Crippen molar-refractivity contribution in [3.63, 3.8) is 0 Å². The molecule has 2 rings (SSSR count). The Hall–Kier alpha value is -0.940. The van der Waals surface area contributed by atoms with Crippen molar-refractivity contribution in [2.45, 2.75) is 39.2 Å². The first-order valence-corrected chi connectivity index (χ1v) is 7.83. The minimum atomic E-state index is 0.254. The molecule has 19 heavy (non-hydrogen) atoms. The normalized spacial score (nSPS) is 16.5. The van der Waals surface area contributed by atoms with E-state index in [4.69, 9.17) is 0 Å². The summed E-state index contributed by atoms with van der Waals surface area (Å²) >= 11 is 1.67. The standard InChI is InChI=1S/C14H23N3OS/c1-11-16-9-13(19-11)10-17(2)14(18)4-3-12-5-7-15-8-6-12/h9,12,15H,3-8,10H2,1-2H3. The number of amides is 1. The molecule has 0 bridgehead atoms. The second kappa shape index (κ2) is 7.01. The Morgan fingerprint density at radius 1 is 1.53 bits per heavy atom. The van der Waals surface area contributed by atoms with Crippen LogP contribution < -0.4 is 5.32 Å². The summed E-state index contributed by atoms with van der Waals surface area (Å²) in [5, 5.41) is 4.42. The third kappa shape index (κ3) is 4.58. The maximum atomic E-state index is 12.1. The lowest BCUT2D eigenvalue weighted by molar-refractivity contribution is -0.130. The lowest BCUT2D eigenvalue weighted by Gasteiger charge is -2.23. The minimum absolute atomic E-state index is 0.254. The number of aryl methyl sites for hydroxylation is 1. The molecule has 1 aliphatic rings. The fourth-order valence-corrected chi connectivity index (χ4v) is 3.34. The van der Waals surface area contributed by atoms with E-state index in [1.165, 1.54) is 12.8 Å². The number of rotatable bonds is 5. The molecule has 5 heteroatoms. The van der Waals surface area contributed by atoms with Gasteiger partial charge in [-0.25, -0.2) is 4.98 Å². The first-order valence-electron chi connectivity index (χ1n) is 7.01. The third-order valence-electron chi connectivity index (χ3n) is 3.71. The van der Waals surface area contributed by atoms with Gasteiger partial charge in [-0.05, 0) is 45.2 Å². The fraction of sp³-hybridized carbons (Fsp3) is 0.714. The van der Waals surface area contributed by atoms with Crippen molar-refractivity contribution >= 4 is 17.2 Å². The quantitative estimate of drug-likeness (QED) is 0.900. The molecule has 1 amide bonds. The molecule has 0 radical (unpaired) electrons. The predicted molar refractivity (Wildman–Crippen MR) is 78.2 cm³/mol. The van der Waals surface area contributed by atoms with Crippen LogP contribution in [0.4, 0.5) is 0 Å². The zero-order valence-corrected chi connectivity index (χ0v) is 12.6. The van der Waals surface area contributed by atoms with E-state index in [1.807, 2.05) is 25.1 Å². The van der Waals surface area contributed by atoms with Crippen molar-refractivity contribution in [3.05, 3.63) is 16.1 Å². The van der Waals surface area contributed by atoms with E-state index in [9.17, 15) is 4.79 Å². The second-order valence-electron chi connectivity index (χ2n) is 5.33. The predicted octanol–water partition coefficient (Wildman–Crippen LogP) is 2.19. The Morgan fingerprint density at radius 2 is 2.26 bits per heavy atom. The van der Waals surface area contributed by atoms with E-state index >= 15 is 0 Å². The maximum absolute atomic E-state index is 12.1. The molecule has 2 heterocycles. The maximum Gasteiger partial charge on any atom is 0.222 e. The van der Waals surface area contributed by atoms with Gasteiger partial charge in [0.1, 0.15) is 0 Å². The average molecular weight is 281 g/mol. The van der Waals surface area contributed by atoms with Crippen LogP contribution in [-0.4, -0.2) is 35.9 Å². The molecule has 0 atom stereocenters. The summed E-state index contributed by atoms with van der Waals surface area (Å²) in [5.41, 5.74) is 0. The first-order chi connectivity index (χ1) is 9.15. The number of nitrogens with one attached hydrogen (secondary N) is 1. The average Bonchev–Trinajstić information content (AvgIpc) is 2.82. The Labute approximate surface area is 119 Å². The van der Waals surface area contributed by atoms with Gasteiger partial charge >= 0.3 is 0 Å². The third-order valence-corrected chi connectivity index (χ3v) is 4.61. The van der Waals surface area contributed by atoms with Crippen molar-refractivity contribution in [1.29, 1.82) is 0 Å². The van der Waals surface area contributed by atoms with Crippen LogP contribution in [0.15, 0.2) is 6.20 Å². The Kier molecular flexibility index (Phi) is 5.34. The number of nitrogens with zero attached hydrogens (tertiary/aromatic N) is 2. The highest BCUT2D eigenvalue weighted by Gasteiger charge is 2.16. The molecular weight excluding hydrogens is 258 g/mol. The molecule has 106 valence electrons. The van der Waals surface area contributed by atoms with Gasteiger partial charge in [-0.1, -0.05) is 0 Å². The summed E-state index contributed by atoms with van der Waals surface area (Å²) < 4.78 is 0. The number of hydrogen-bond acceptors (Lipinski definition) is 4. The number of piperidine rings is 1. The molecule has 1 aromatic heterocycles. The molecule has 1 fully saturated rings. The van der Waals surface area contributed by atoms with Crippen LogP contribution in [0.25, 0.3) is 0 Å². The highest BCUT2D eigenvalue weighted by atomic mass is 32.1. The molecule has 0 spiro atoms. The molecular formula is C14H23N3OS. The first kappa shape index (κ1) is 14.5. The van der Waals surface area contributed by atoms with Gasteiger partial charge in [-0.3, -0.25) is 4.79 Å². The summed E-state index contributed by atoms with van der Waals surface area (Å²) in [7, 11) is 1.89. The minimum Gasteiger partial charge on any atom is -0.341 e. The van der Waals surface area contributed by atoms with Crippen LogP contribution in [0.1, 0.15) is 35.6 Å². The zero-order chi connectivity index (χ0) is 13.7. The highest BCUT2D eigenvalue weighted by Crippen LogP contribution is 2.19. The SMILES string of the molecule is Cc1ncc(CN(C)C(=O)CCC2CCNCC2)s1. The highest BCUT2D eigenvalue weighted by molar-refractivity contribution is 7.11. The molecule has 4 nitrogen and oxygen atoms in total. The molecule has 0 unspecified atom stereocenters. The number of thiazole rings is 1. The van der Waals surface area contributed by atoms with Gasteiger partial charge in [0.05, 0.1) is 11.6 Å². The molecule has 1 N–H and O–H groups in total. The van der Waals surface area contributed by atoms with E-state index in [-0.39, 0.29) is 5.91 Å². The monoisotopic (exact) mass is 281 g/mol. The molecule has 0 aliphatic carbocycles. The van der Waals surface area contributed by atoms with Crippen molar-refractivity contribution < 1.29 is 4.79 Å². The van der Waals surface area contributed by atoms with E-state index in [1.54, 1.807) is 11.3 Å². The summed E-state index contributed by atoms with van der Waals surface area (Å²) in [6.45, 7) is 4.90. The van der Waals surface area contributed by atoms with Gasteiger partial charge in [0.25, 0.3) is 0 Å². The van der Waals surface area contributed by atoms with Crippen molar-refractivity contribution in [2.24, 2.45) is 5.92 Å². The Balaban J connectivity index is 1.72. The van der Waals surface area contributed by atoms with Gasteiger partial charge in [0.15, 0.2) is 0 Å². The van der Waals surface area contributed by atoms with E-state index in [0.717, 1.165) is 35.3 Å². The van der Waals surface area contributed by atoms with Gasteiger partial charge in [0.2, 0.25) is 5.91 Å². The molecule has 1 saturated heterocycles. The topological polar surface area (TPSA) is 45.2 Å². The van der Waals surface area contributed by atoms with Crippen LogP contribution >= 0.6 is 11.3 Å². The summed E-state index contributed by atoms with van der Waals surface area (Å²) in [6, 6.07) is 0. The summed E-state index contributed by atoms with van der Waals surface area (Å²) in [6.07, 6.45) is 6.01. The van der Waals surface area contributed by atoms with E-state index < -0.39 is 0 Å². The largest absolute Gasteiger partial charge is 0.341 e. The number of carbonyl (C=O) groups excluding carboxylic acids is 1. The van der Waals surface area contributed by atoms with Gasteiger partial charge in [0, 0.05) is 24.5 Å². The molecule has 0 saturated carbocycles. The van der Waals surface area contributed by atoms with Crippen LogP contribution in [0.3, 0.4) is 0 Å². The van der Waals surface area contributed by atoms with Gasteiger partial charge < -0.3 is 10.2 Å². The molecule has 1 aliphatic heterocycles. The second-order valence-corrected chi connectivity index (χ2v) is 6.65. The Morgan fingerprint density at radius 3 is 2.89 bits per heavy atom. The zero-order valence-electron chi connectivity index (χ0n) is 11.8. The molecule has 0 aromatic carbocycles. The lowest BCUT2D eigenvalue weighted by atomic mass is 9.93. The van der Waals surface area contributed by atoms with Crippen LogP contribution in [0.2, 0.25) is 0 Å². The van der Waals surface area contributed by atoms with Crippen LogP contribution in [0.5, 0.6) is 0 Å². The lowest BCUT2D eigenvalue weighted by Crippen LogP contribution is -2.30. The van der Waals surface area contributed by atoms with Gasteiger partial charge in [-0.15, -0.1) is 11.3 Å². The van der Waals surface area contributed by atoms with E-state index in [0.29, 0.717) is 13.0 Å². The van der Waals surface area contributed by atoms with Crippen molar-refractivity contribution in [1.82, 2.24) is 15.2 Å². The smallest absolute Gasteiger partial charge is 0.222 e. The van der Waals surface area contributed by atoms with Crippen LogP contribution in [-0.2, 0) is 11.3 Å². The summed E-state index contributed by atoms with van der Waals surface area (Å²) in [4.78, 5) is 19.3. The van der Waals surface area contributed by atoms with Crippen LogP contribution in [0, 0.1) is 12.8 Å².